The number of hydrogen-bond donors (Lipinski definition) is 0. The Labute approximate surface area is 687 Å². The summed E-state index contributed by atoms with van der Waals surface area (Å²) in [6, 6.07) is 99.5. The summed E-state index contributed by atoms with van der Waals surface area (Å²) < 4.78 is 43.1. The molecule has 3 saturated heterocycles. The summed E-state index contributed by atoms with van der Waals surface area (Å²) >= 11 is 3.76. The van der Waals surface area contributed by atoms with Gasteiger partial charge in [0.2, 0.25) is 0 Å². The topological polar surface area (TPSA) is 65.2 Å². The number of nitrogens with zero attached hydrogens (tertiary/aromatic N) is 2. The first-order chi connectivity index (χ1) is 55.5. The number of benzene rings is 16. The summed E-state index contributed by atoms with van der Waals surface area (Å²) in [4.78, 5) is 0. The lowest BCUT2D eigenvalue weighted by atomic mass is 9.49. The van der Waals surface area contributed by atoms with Gasteiger partial charge in [-0.15, -0.1) is 0 Å². The Hall–Kier alpha value is -10.4. The van der Waals surface area contributed by atoms with Crippen LogP contribution in [0.1, 0.15) is 133 Å². The lowest BCUT2D eigenvalue weighted by Gasteiger charge is -2.32. The van der Waals surface area contributed by atoms with Crippen molar-refractivity contribution >= 4 is 172 Å². The van der Waals surface area contributed by atoms with Crippen molar-refractivity contribution < 1.29 is 27.9 Å². The van der Waals surface area contributed by atoms with E-state index in [1.165, 1.54) is 180 Å². The molecule has 3 aliphatic heterocycles. The van der Waals surface area contributed by atoms with Gasteiger partial charge in [0, 0.05) is 69.8 Å². The number of rotatable bonds is 4. The molecule has 0 spiro atoms. The van der Waals surface area contributed by atoms with Crippen LogP contribution in [0.25, 0.3) is 163 Å². The van der Waals surface area contributed by atoms with Gasteiger partial charge in [0.25, 0.3) is 0 Å². The summed E-state index contributed by atoms with van der Waals surface area (Å²) in [7, 11) is -1.35. The largest absolute Gasteiger partial charge is 0.494 e. The molecule has 8 nitrogen and oxygen atoms in total. The molecular formula is C104H92B3BrN2O6. The van der Waals surface area contributed by atoms with E-state index in [0.717, 1.165) is 15.6 Å². The fourth-order valence-corrected chi connectivity index (χ4v) is 20.4. The summed E-state index contributed by atoms with van der Waals surface area (Å²) in [5, 5.41) is 26.0. The molecule has 23 rings (SSSR count). The van der Waals surface area contributed by atoms with E-state index in [0.29, 0.717) is 0 Å². The Balaban J connectivity index is 0.000000121. The summed E-state index contributed by atoms with van der Waals surface area (Å²) in [5.74, 6) is 0. The van der Waals surface area contributed by atoms with Gasteiger partial charge in [-0.3, -0.25) is 0 Å². The highest BCUT2D eigenvalue weighted by molar-refractivity contribution is 9.10. The van der Waals surface area contributed by atoms with Gasteiger partial charge < -0.3 is 37.1 Å². The lowest BCUT2D eigenvalue weighted by molar-refractivity contribution is 0.00578. The molecule has 2 aliphatic carbocycles. The van der Waals surface area contributed by atoms with Gasteiger partial charge in [0.05, 0.1) is 55.7 Å². The molecule has 2 aromatic heterocycles. The second-order valence-electron chi connectivity index (χ2n) is 37.0. The van der Waals surface area contributed by atoms with Crippen molar-refractivity contribution in [2.45, 2.75) is 155 Å². The minimum atomic E-state index is -0.476. The Morgan fingerprint density at radius 1 is 0.241 bits per heavy atom. The molecule has 0 N–H and O–H groups in total. The highest BCUT2D eigenvalue weighted by Gasteiger charge is 2.64. The van der Waals surface area contributed by atoms with Gasteiger partial charge >= 0.3 is 21.1 Å². The third kappa shape index (κ3) is 10.5. The highest BCUT2D eigenvalue weighted by Crippen LogP contribution is 2.57. The van der Waals surface area contributed by atoms with Crippen molar-refractivity contribution in [3.05, 3.63) is 294 Å². The van der Waals surface area contributed by atoms with E-state index in [2.05, 4.69) is 347 Å². The van der Waals surface area contributed by atoms with Crippen molar-refractivity contribution in [3.63, 3.8) is 0 Å². The van der Waals surface area contributed by atoms with Crippen molar-refractivity contribution in [3.8, 4) is 33.6 Å². The van der Waals surface area contributed by atoms with Gasteiger partial charge in [-0.25, -0.2) is 0 Å². The molecule has 0 unspecified atom stereocenters. The molecule has 3 fully saturated rings. The first kappa shape index (κ1) is 73.3. The molecule has 5 heterocycles. The van der Waals surface area contributed by atoms with E-state index >= 15 is 0 Å². The van der Waals surface area contributed by atoms with E-state index in [1.807, 2.05) is 55.4 Å². The highest BCUT2D eigenvalue weighted by atomic mass is 79.9. The predicted octanol–water partition coefficient (Wildman–Crippen LogP) is 26.7. The van der Waals surface area contributed by atoms with Crippen molar-refractivity contribution in [1.82, 2.24) is 9.13 Å². The van der Waals surface area contributed by atoms with Crippen molar-refractivity contribution in [2.24, 2.45) is 0 Å². The van der Waals surface area contributed by atoms with Gasteiger partial charge in [0.1, 0.15) is 0 Å². The number of halogens is 1. The van der Waals surface area contributed by atoms with Crippen LogP contribution in [0.5, 0.6) is 0 Å². The van der Waals surface area contributed by atoms with Gasteiger partial charge in [-0.1, -0.05) is 250 Å². The van der Waals surface area contributed by atoms with Crippen molar-refractivity contribution in [1.29, 1.82) is 0 Å². The van der Waals surface area contributed by atoms with Crippen LogP contribution >= 0.6 is 15.9 Å². The molecular weight excluding hydrogens is 1490 g/mol. The zero-order valence-corrected chi connectivity index (χ0v) is 70.4. The van der Waals surface area contributed by atoms with Crippen LogP contribution in [0, 0.1) is 0 Å². The molecule has 12 heteroatoms. The van der Waals surface area contributed by atoms with E-state index in [1.54, 1.807) is 0 Å². The average Bonchev–Trinajstić information content (AvgIpc) is 1.49. The SMILES string of the molecule is CC1(C)OB(B2OC(C)(C)C(C)(C)O2)OC1(C)C.CC1(C)c2cc(B3OC(C)(C)C(C)(C)O3)ccc2-c2cc3c4c5ccccc5c5c6ccccc6c6ccccc6c5c4n(-c4ccccc4)c3cc21.CC1(C)c2cc(Br)ccc2-c2cc3c4c5ccccc5c5c6ccccc6c6ccccc6c5c4n(-c4ccccc4)c3cc21. The van der Waals surface area contributed by atoms with Crippen LogP contribution < -0.4 is 5.46 Å². The van der Waals surface area contributed by atoms with Crippen LogP contribution in [0.3, 0.4) is 0 Å². The van der Waals surface area contributed by atoms with Crippen LogP contribution in [-0.4, -0.2) is 63.9 Å². The molecule has 0 bridgehead atoms. The lowest BCUT2D eigenvalue weighted by Crippen LogP contribution is -2.41. The maximum Gasteiger partial charge on any atom is 0.494 e. The fraction of sp³-hybridized carbons (Fsp3) is 0.231. The standard InChI is InChI=1S/C49H40BNO2.C43H28BrN.C12H24B2O4/c1-47(2)40-26-29(50-52-48(3,4)49(5,6)53-50)24-25-33(40)38-27-39-42(28-41(38)47)51(30-16-8-7-9-17-30)46-44(39)37-23-15-14-22-36(37)43-34-20-12-10-18-31(34)32-19-11-13-21-35(32)45(43)46;1-43(2)36-22-25(44)20-21-29(36)34-23-35-38(24-37(34)43)45(26-12-4-3-5-13-26)42-40(35)33-19-11-10-18-32(33)39-30-16-8-6-14-27(30)28-15-7-9-17-31(28)41(39)42;1-9(2)10(3,4)16-13(15-9)14-17-11(5,6)12(7,8)18-14/h7-28H,1-6H3;3-24H,1-2H3;1-8H3. The number of hydrogen-bond acceptors (Lipinski definition) is 6. The minimum Gasteiger partial charge on any atom is -0.405 e. The average molecular weight is 1580 g/mol. The number of aromatic nitrogens is 2. The summed E-state index contributed by atoms with van der Waals surface area (Å²) in [5.41, 5.74) is 16.6. The third-order valence-electron chi connectivity index (χ3n) is 28.1. The van der Waals surface area contributed by atoms with Gasteiger partial charge in [-0.2, -0.15) is 0 Å². The molecule has 16 aromatic carbocycles. The van der Waals surface area contributed by atoms with Crippen molar-refractivity contribution in [2.75, 3.05) is 0 Å². The molecule has 116 heavy (non-hydrogen) atoms. The third-order valence-corrected chi connectivity index (χ3v) is 28.6. The quantitative estimate of drug-likeness (QED) is 0.129. The predicted molar refractivity (Wildman–Crippen MR) is 492 cm³/mol. The Kier molecular flexibility index (Phi) is 16.0. The molecule has 570 valence electrons. The summed E-state index contributed by atoms with van der Waals surface area (Å²) in [6.45, 7) is 34.2. The molecule has 0 atom stereocenters. The van der Waals surface area contributed by atoms with Gasteiger partial charge in [0.15, 0.2) is 0 Å². The number of fused-ring (bicyclic) bond motifs is 32. The Morgan fingerprint density at radius 2 is 0.517 bits per heavy atom. The van der Waals surface area contributed by atoms with E-state index in [4.69, 9.17) is 27.9 Å². The zero-order chi connectivity index (χ0) is 80.0. The Morgan fingerprint density at radius 3 is 0.871 bits per heavy atom. The van der Waals surface area contributed by atoms with Crippen LogP contribution in [0.15, 0.2) is 271 Å². The molecule has 0 radical (unpaired) electrons. The van der Waals surface area contributed by atoms with E-state index < -0.39 is 32.3 Å². The van der Waals surface area contributed by atoms with Gasteiger partial charge in [-0.05, 0) is 258 Å². The molecule has 0 amide bonds. The molecule has 5 aliphatic rings. The van der Waals surface area contributed by atoms with Crippen LogP contribution in [-0.2, 0) is 38.8 Å². The number of para-hydroxylation sites is 2. The normalized spacial score (nSPS) is 18.2. The monoisotopic (exact) mass is 1580 g/mol. The maximum atomic E-state index is 6.53. The zero-order valence-electron chi connectivity index (χ0n) is 68.9. The second-order valence-corrected chi connectivity index (χ2v) is 37.9. The van der Waals surface area contributed by atoms with E-state index in [-0.39, 0.29) is 33.2 Å². The minimum absolute atomic E-state index is 0.117. The van der Waals surface area contributed by atoms with Crippen LogP contribution in [0.4, 0.5) is 0 Å². The molecule has 0 saturated carbocycles. The maximum absolute atomic E-state index is 6.53. The first-order valence-electron chi connectivity index (χ1n) is 41.1. The summed E-state index contributed by atoms with van der Waals surface area (Å²) in [6.07, 6.45) is 0. The molecule has 18 aromatic rings. The van der Waals surface area contributed by atoms with Crippen LogP contribution in [0.2, 0.25) is 0 Å². The smallest absolute Gasteiger partial charge is 0.405 e. The fourth-order valence-electron chi connectivity index (χ4n) is 20.0. The Bertz CT molecular complexity index is 7200. The second kappa shape index (κ2) is 25.3. The van der Waals surface area contributed by atoms with E-state index in [9.17, 15) is 0 Å². The first-order valence-corrected chi connectivity index (χ1v) is 41.9.